The second kappa shape index (κ2) is 8.75. The van der Waals surface area contributed by atoms with E-state index in [0.29, 0.717) is 21.8 Å². The van der Waals surface area contributed by atoms with Crippen LogP contribution >= 0.6 is 11.6 Å². The summed E-state index contributed by atoms with van der Waals surface area (Å²) in [6.07, 6.45) is 5.48. The minimum absolute atomic E-state index is 0.213. The maximum Gasteiger partial charge on any atom is 0.238 e. The Hall–Kier alpha value is -4.55. The van der Waals surface area contributed by atoms with E-state index in [9.17, 15) is 14.4 Å². The van der Waals surface area contributed by atoms with E-state index < -0.39 is 23.4 Å². The Bertz CT molecular complexity index is 1680. The maximum absolute atomic E-state index is 14.6. The van der Waals surface area contributed by atoms with Crippen LogP contribution in [-0.2, 0) is 10.2 Å². The first kappa shape index (κ1) is 23.6. The number of carbonyl (C=O) groups excluding carboxylic acids is 3. The van der Waals surface area contributed by atoms with Gasteiger partial charge >= 0.3 is 0 Å². The molecule has 1 N–H and O–H groups in total. The Morgan fingerprint density at radius 2 is 1.62 bits per heavy atom. The zero-order chi connectivity index (χ0) is 26.7. The molecule has 0 radical (unpaired) electrons. The zero-order valence-electron chi connectivity index (χ0n) is 20.6. The molecule has 4 atom stereocenters. The highest BCUT2D eigenvalue weighted by atomic mass is 35.5. The molecule has 4 aromatic rings. The summed E-state index contributed by atoms with van der Waals surface area (Å²) in [6, 6.07) is 25.4. The van der Waals surface area contributed by atoms with Crippen molar-refractivity contribution in [2.75, 3.05) is 10.2 Å². The van der Waals surface area contributed by atoms with Gasteiger partial charge in [-0.1, -0.05) is 66.2 Å². The number of benzene rings is 3. The van der Waals surface area contributed by atoms with Crippen LogP contribution in [-0.4, -0.2) is 34.5 Å². The number of fused-ring (bicyclic) bond motifs is 6. The summed E-state index contributed by atoms with van der Waals surface area (Å²) in [7, 11) is 0. The molecule has 0 aliphatic carbocycles. The van der Waals surface area contributed by atoms with Crippen molar-refractivity contribution in [3.63, 3.8) is 0 Å². The fraction of sp³-hybridized carbons (Fsp3) is 0.125. The summed E-state index contributed by atoms with van der Waals surface area (Å²) < 4.78 is 0. The molecule has 1 spiro atoms. The fourth-order valence-corrected chi connectivity index (χ4v) is 6.70. The Morgan fingerprint density at radius 1 is 0.872 bits per heavy atom. The third-order valence-electron chi connectivity index (χ3n) is 8.14. The average Bonchev–Trinajstić information content (AvgIpc) is 3.45. The number of nitrogens with one attached hydrogen (secondary N) is 1. The Labute approximate surface area is 229 Å². The smallest absolute Gasteiger partial charge is 0.238 e. The quantitative estimate of drug-likeness (QED) is 0.347. The largest absolute Gasteiger partial charge is 0.352 e. The van der Waals surface area contributed by atoms with Gasteiger partial charge in [-0.05, 0) is 59.7 Å². The molecule has 0 saturated carbocycles. The summed E-state index contributed by atoms with van der Waals surface area (Å²) in [4.78, 5) is 49.6. The van der Waals surface area contributed by atoms with E-state index in [0.717, 1.165) is 11.3 Å². The number of Topliss-reactive ketones (excluding diaryl/α,β-unsaturated/α-hetero) is 2. The number of halogens is 1. The van der Waals surface area contributed by atoms with Crippen LogP contribution in [0.25, 0.3) is 6.08 Å². The molecule has 1 amide bonds. The molecule has 1 aromatic heterocycles. The summed E-state index contributed by atoms with van der Waals surface area (Å²) in [5.74, 6) is -1.97. The Balaban J connectivity index is 1.54. The minimum atomic E-state index is -1.36. The summed E-state index contributed by atoms with van der Waals surface area (Å²) in [6.45, 7) is 0. The number of carbonyl (C=O) groups is 3. The van der Waals surface area contributed by atoms with Crippen molar-refractivity contribution in [3.05, 3.63) is 131 Å². The number of para-hydroxylation sites is 2. The van der Waals surface area contributed by atoms with Crippen LogP contribution in [0.1, 0.15) is 32.0 Å². The van der Waals surface area contributed by atoms with Crippen LogP contribution in [0.15, 0.2) is 103 Å². The Morgan fingerprint density at radius 3 is 2.41 bits per heavy atom. The third-order valence-corrected chi connectivity index (χ3v) is 8.39. The number of hydrogen-bond donors (Lipinski definition) is 1. The van der Waals surface area contributed by atoms with Gasteiger partial charge in [-0.2, -0.15) is 0 Å². The van der Waals surface area contributed by atoms with Crippen molar-refractivity contribution in [2.45, 2.75) is 17.5 Å². The molecule has 1 saturated heterocycles. The predicted molar refractivity (Wildman–Crippen MR) is 150 cm³/mol. The van der Waals surface area contributed by atoms with Crippen LogP contribution in [0.4, 0.5) is 11.4 Å². The maximum atomic E-state index is 14.6. The van der Waals surface area contributed by atoms with Crippen molar-refractivity contribution in [2.24, 2.45) is 5.92 Å². The van der Waals surface area contributed by atoms with Gasteiger partial charge in [0.2, 0.25) is 5.91 Å². The lowest BCUT2D eigenvalue weighted by atomic mass is 9.64. The molecule has 190 valence electrons. The van der Waals surface area contributed by atoms with Crippen LogP contribution < -0.4 is 10.2 Å². The first-order chi connectivity index (χ1) is 19.0. The van der Waals surface area contributed by atoms with Gasteiger partial charge in [0.15, 0.2) is 11.6 Å². The predicted octanol–water partition coefficient (Wildman–Crippen LogP) is 5.59. The molecule has 3 aliphatic heterocycles. The molecule has 39 heavy (non-hydrogen) atoms. The topological polar surface area (TPSA) is 79.4 Å². The van der Waals surface area contributed by atoms with E-state index in [1.807, 2.05) is 65.6 Å². The molecule has 3 aliphatic rings. The van der Waals surface area contributed by atoms with Crippen LogP contribution in [0.2, 0.25) is 5.02 Å². The first-order valence-electron chi connectivity index (χ1n) is 12.7. The molecule has 6 nitrogen and oxygen atoms in total. The highest BCUT2D eigenvalue weighted by Gasteiger charge is 2.70. The number of nitrogens with zero attached hydrogens (tertiary/aromatic N) is 2. The van der Waals surface area contributed by atoms with E-state index in [4.69, 9.17) is 11.6 Å². The molecule has 0 unspecified atom stereocenters. The zero-order valence-corrected chi connectivity index (χ0v) is 21.4. The van der Waals surface area contributed by atoms with Gasteiger partial charge in [-0.3, -0.25) is 19.4 Å². The molecule has 4 heterocycles. The summed E-state index contributed by atoms with van der Waals surface area (Å²) in [5.41, 5.74) is 2.33. The number of anilines is 2. The lowest BCUT2D eigenvalue weighted by Crippen LogP contribution is -2.51. The van der Waals surface area contributed by atoms with Gasteiger partial charge in [-0.25, -0.2) is 0 Å². The summed E-state index contributed by atoms with van der Waals surface area (Å²) in [5, 5.41) is 3.53. The van der Waals surface area contributed by atoms with E-state index in [-0.39, 0.29) is 23.2 Å². The van der Waals surface area contributed by atoms with Crippen molar-refractivity contribution < 1.29 is 14.4 Å². The number of ketones is 2. The van der Waals surface area contributed by atoms with E-state index in [2.05, 4.69) is 10.3 Å². The van der Waals surface area contributed by atoms with Gasteiger partial charge in [0.1, 0.15) is 17.2 Å². The van der Waals surface area contributed by atoms with Gasteiger partial charge in [-0.15, -0.1) is 0 Å². The summed E-state index contributed by atoms with van der Waals surface area (Å²) >= 11 is 6.14. The van der Waals surface area contributed by atoms with E-state index in [1.165, 1.54) is 0 Å². The number of rotatable bonds is 4. The molecule has 0 bridgehead atoms. The van der Waals surface area contributed by atoms with Crippen LogP contribution in [0, 0.1) is 5.92 Å². The SMILES string of the molecule is O=C(c1ccccn1)[C@@H]1[C@H](C(=O)c2ccc(Cl)cc2)N2c3ccccc3C=C[C@H]2[C@]12C(=O)Nc1ccccc12. The van der Waals surface area contributed by atoms with Gasteiger partial charge in [0, 0.05) is 28.2 Å². The lowest BCUT2D eigenvalue weighted by molar-refractivity contribution is -0.121. The normalized spacial score (nSPS) is 24.2. The van der Waals surface area contributed by atoms with Crippen molar-refractivity contribution in [1.29, 1.82) is 0 Å². The highest BCUT2D eigenvalue weighted by molar-refractivity contribution is 6.30. The Kier molecular flexibility index (Phi) is 5.28. The van der Waals surface area contributed by atoms with E-state index in [1.54, 1.807) is 48.7 Å². The number of pyridine rings is 1. The fourth-order valence-electron chi connectivity index (χ4n) is 6.57. The molecule has 3 aromatic carbocycles. The van der Waals surface area contributed by atoms with E-state index >= 15 is 0 Å². The van der Waals surface area contributed by atoms with Gasteiger partial charge in [0.25, 0.3) is 0 Å². The molecule has 7 rings (SSSR count). The number of amides is 1. The minimum Gasteiger partial charge on any atom is -0.352 e. The molecule has 7 heteroatoms. The molecular weight excluding hydrogens is 510 g/mol. The van der Waals surface area contributed by atoms with Crippen molar-refractivity contribution in [3.8, 4) is 0 Å². The van der Waals surface area contributed by atoms with Crippen molar-refractivity contribution in [1.82, 2.24) is 4.98 Å². The monoisotopic (exact) mass is 531 g/mol. The second-order valence-electron chi connectivity index (χ2n) is 10.0. The lowest BCUT2D eigenvalue weighted by Gasteiger charge is -2.37. The number of aromatic nitrogens is 1. The molecule has 1 fully saturated rings. The van der Waals surface area contributed by atoms with Crippen LogP contribution in [0.5, 0.6) is 0 Å². The third kappa shape index (κ3) is 3.28. The second-order valence-corrected chi connectivity index (χ2v) is 10.4. The first-order valence-corrected chi connectivity index (χ1v) is 13.1. The van der Waals surface area contributed by atoms with Gasteiger partial charge < -0.3 is 10.2 Å². The number of hydrogen-bond acceptors (Lipinski definition) is 5. The van der Waals surface area contributed by atoms with Crippen LogP contribution in [0.3, 0.4) is 0 Å². The molecular formula is C32H22ClN3O3. The average molecular weight is 532 g/mol. The standard InChI is InChI=1S/C32H22ClN3O3/c33-21-15-12-20(13-16-21)29(37)28-27(30(38)24-10-5-6-18-34-24)32(22-8-2-3-9-23(22)35-31(32)39)26-17-14-19-7-1-4-11-25(19)36(26)28/h1-18,26-28H,(H,35,39)/t26-,27-,28+,32-/m0/s1. The van der Waals surface area contributed by atoms with Gasteiger partial charge in [0.05, 0.1) is 12.0 Å². The highest BCUT2D eigenvalue weighted by Crippen LogP contribution is 2.58. The van der Waals surface area contributed by atoms with Crippen molar-refractivity contribution >= 4 is 46.5 Å².